The third kappa shape index (κ3) is 4.24. The summed E-state index contributed by atoms with van der Waals surface area (Å²) < 4.78 is 0. The fourth-order valence-electron chi connectivity index (χ4n) is 3.20. The quantitative estimate of drug-likeness (QED) is 0.578. The molecule has 0 heterocycles. The van der Waals surface area contributed by atoms with Crippen molar-refractivity contribution in [3.63, 3.8) is 0 Å². The Labute approximate surface area is 115 Å². The number of aliphatic hydroxyl groups excluding tert-OH is 1. The lowest BCUT2D eigenvalue weighted by atomic mass is 9.73. The largest absolute Gasteiger partial charge is 0.396 e. The molecule has 1 unspecified atom stereocenters. The van der Waals surface area contributed by atoms with E-state index in [0.717, 1.165) is 17.9 Å². The Hall–Kier alpha value is -0.0831. The molecule has 1 nitrogen and oxygen atoms in total. The Morgan fingerprint density at radius 1 is 1.17 bits per heavy atom. The zero-order valence-corrected chi connectivity index (χ0v) is 14.2. The standard InChI is InChI=1S/C16H32OSi/c1-16(2,3)14-10-9-13(8-7-11-17)15(12-14)18(4,5)6/h9-10,13-15,17H,7-8,11-12H2,1-6H3/t13-,14+,15?/m0/s1. The van der Waals surface area contributed by atoms with Crippen LogP contribution >= 0.6 is 0 Å². The average molecular weight is 269 g/mol. The zero-order chi connectivity index (χ0) is 14.0. The molecule has 18 heavy (non-hydrogen) atoms. The fraction of sp³-hybridized carbons (Fsp3) is 0.875. The van der Waals surface area contributed by atoms with Crippen LogP contribution in [0.25, 0.3) is 0 Å². The Bertz CT molecular complexity index is 282. The van der Waals surface area contributed by atoms with Gasteiger partial charge >= 0.3 is 0 Å². The number of aliphatic hydroxyl groups is 1. The molecule has 3 atom stereocenters. The molecule has 0 aliphatic heterocycles. The van der Waals surface area contributed by atoms with Crippen molar-refractivity contribution in [2.24, 2.45) is 17.3 Å². The van der Waals surface area contributed by atoms with Crippen molar-refractivity contribution in [3.8, 4) is 0 Å². The highest BCUT2D eigenvalue weighted by Crippen LogP contribution is 2.47. The van der Waals surface area contributed by atoms with E-state index in [-0.39, 0.29) is 0 Å². The van der Waals surface area contributed by atoms with Crippen molar-refractivity contribution < 1.29 is 5.11 Å². The molecule has 0 saturated carbocycles. The van der Waals surface area contributed by atoms with Crippen LogP contribution in [-0.4, -0.2) is 19.8 Å². The number of allylic oxidation sites excluding steroid dienone is 2. The molecule has 0 aromatic rings. The Kier molecular flexibility index (Phi) is 5.25. The monoisotopic (exact) mass is 268 g/mol. The first-order valence-corrected chi connectivity index (χ1v) is 11.0. The topological polar surface area (TPSA) is 20.2 Å². The minimum atomic E-state index is -1.12. The van der Waals surface area contributed by atoms with Gasteiger partial charge in [-0.1, -0.05) is 52.6 Å². The molecule has 0 fully saturated rings. The lowest BCUT2D eigenvalue weighted by Gasteiger charge is -2.43. The zero-order valence-electron chi connectivity index (χ0n) is 13.2. The maximum atomic E-state index is 9.05. The SMILES string of the molecule is CC(C)(C)[C@@H]1C=C[C@H](CCCO)C([Si](C)(C)C)C1. The molecule has 0 radical (unpaired) electrons. The van der Waals surface area contributed by atoms with Crippen LogP contribution in [0.1, 0.15) is 40.0 Å². The van der Waals surface area contributed by atoms with Gasteiger partial charge in [0.15, 0.2) is 0 Å². The van der Waals surface area contributed by atoms with Crippen molar-refractivity contribution in [1.29, 1.82) is 0 Å². The van der Waals surface area contributed by atoms with Gasteiger partial charge in [-0.2, -0.15) is 0 Å². The van der Waals surface area contributed by atoms with Crippen molar-refractivity contribution in [2.75, 3.05) is 6.61 Å². The Morgan fingerprint density at radius 2 is 1.78 bits per heavy atom. The molecule has 1 aliphatic rings. The van der Waals surface area contributed by atoms with Gasteiger partial charge in [0.25, 0.3) is 0 Å². The third-order valence-corrected chi connectivity index (χ3v) is 7.42. The molecule has 106 valence electrons. The first-order chi connectivity index (χ1) is 8.16. The molecule has 2 heteroatoms. The summed E-state index contributed by atoms with van der Waals surface area (Å²) in [4.78, 5) is 0. The second kappa shape index (κ2) is 5.92. The summed E-state index contributed by atoms with van der Waals surface area (Å²) in [7, 11) is -1.12. The van der Waals surface area contributed by atoms with Crippen LogP contribution in [0, 0.1) is 17.3 Å². The van der Waals surface area contributed by atoms with Crippen LogP contribution in [-0.2, 0) is 0 Å². The van der Waals surface area contributed by atoms with E-state index in [1.54, 1.807) is 0 Å². The van der Waals surface area contributed by atoms with Gasteiger partial charge in [-0.25, -0.2) is 0 Å². The maximum absolute atomic E-state index is 9.05. The van der Waals surface area contributed by atoms with E-state index in [1.165, 1.54) is 12.8 Å². The Morgan fingerprint density at radius 3 is 2.22 bits per heavy atom. The fourth-order valence-corrected chi connectivity index (χ4v) is 5.72. The van der Waals surface area contributed by atoms with E-state index in [1.807, 2.05) is 0 Å². The summed E-state index contributed by atoms with van der Waals surface area (Å²) in [6.07, 6.45) is 8.40. The van der Waals surface area contributed by atoms with E-state index >= 15 is 0 Å². The first-order valence-electron chi connectivity index (χ1n) is 7.45. The van der Waals surface area contributed by atoms with Crippen molar-refractivity contribution in [3.05, 3.63) is 12.2 Å². The van der Waals surface area contributed by atoms with Crippen molar-refractivity contribution in [2.45, 2.75) is 65.2 Å². The van der Waals surface area contributed by atoms with E-state index in [0.29, 0.717) is 17.9 Å². The van der Waals surface area contributed by atoms with Crippen LogP contribution < -0.4 is 0 Å². The molecule has 1 aliphatic carbocycles. The molecular weight excluding hydrogens is 236 g/mol. The normalized spacial score (nSPS) is 29.6. The van der Waals surface area contributed by atoms with Crippen LogP contribution in [0.3, 0.4) is 0 Å². The highest BCUT2D eigenvalue weighted by Gasteiger charge is 2.38. The minimum Gasteiger partial charge on any atom is -0.396 e. The third-order valence-electron chi connectivity index (χ3n) is 4.54. The molecule has 0 spiro atoms. The van der Waals surface area contributed by atoms with E-state index in [9.17, 15) is 0 Å². The number of hydrogen-bond acceptors (Lipinski definition) is 1. The van der Waals surface area contributed by atoms with E-state index < -0.39 is 8.07 Å². The first kappa shape index (κ1) is 16.0. The Balaban J connectivity index is 2.85. The predicted molar refractivity (Wildman–Crippen MR) is 83.6 cm³/mol. The summed E-state index contributed by atoms with van der Waals surface area (Å²) in [5, 5.41) is 9.05. The van der Waals surface area contributed by atoms with Gasteiger partial charge in [0.1, 0.15) is 0 Å². The van der Waals surface area contributed by atoms with Crippen molar-refractivity contribution >= 4 is 8.07 Å². The van der Waals surface area contributed by atoms with Gasteiger partial charge < -0.3 is 5.11 Å². The van der Waals surface area contributed by atoms with Gasteiger partial charge in [-0.05, 0) is 42.1 Å². The summed E-state index contributed by atoms with van der Waals surface area (Å²) in [6, 6.07) is 0. The molecule has 0 saturated heterocycles. The van der Waals surface area contributed by atoms with Crippen LogP contribution in [0.4, 0.5) is 0 Å². The molecule has 0 amide bonds. The van der Waals surface area contributed by atoms with E-state index in [4.69, 9.17) is 5.11 Å². The van der Waals surface area contributed by atoms with Gasteiger partial charge in [0.2, 0.25) is 0 Å². The average Bonchev–Trinajstić information content (AvgIpc) is 2.23. The predicted octanol–water partition coefficient (Wildman–Crippen LogP) is 4.71. The van der Waals surface area contributed by atoms with Gasteiger partial charge in [-0.15, -0.1) is 0 Å². The minimum absolute atomic E-state index is 0.339. The van der Waals surface area contributed by atoms with Crippen LogP contribution in [0.15, 0.2) is 12.2 Å². The van der Waals surface area contributed by atoms with Crippen LogP contribution in [0.5, 0.6) is 0 Å². The maximum Gasteiger partial charge on any atom is 0.0479 e. The lowest BCUT2D eigenvalue weighted by Crippen LogP contribution is -2.38. The van der Waals surface area contributed by atoms with Crippen molar-refractivity contribution in [1.82, 2.24) is 0 Å². The molecule has 1 N–H and O–H groups in total. The van der Waals surface area contributed by atoms with Gasteiger partial charge in [-0.3, -0.25) is 0 Å². The lowest BCUT2D eigenvalue weighted by molar-refractivity contribution is 0.237. The summed E-state index contributed by atoms with van der Waals surface area (Å²) in [5.41, 5.74) is 1.26. The molecule has 0 aromatic heterocycles. The summed E-state index contributed by atoms with van der Waals surface area (Å²) in [6.45, 7) is 14.9. The molecule has 1 rings (SSSR count). The second-order valence-electron chi connectivity index (χ2n) is 8.10. The van der Waals surface area contributed by atoms with E-state index in [2.05, 4.69) is 52.6 Å². The number of rotatable bonds is 4. The summed E-state index contributed by atoms with van der Waals surface area (Å²) in [5.74, 6) is 1.43. The highest BCUT2D eigenvalue weighted by atomic mass is 28.3. The summed E-state index contributed by atoms with van der Waals surface area (Å²) >= 11 is 0. The van der Waals surface area contributed by atoms with Crippen LogP contribution in [0.2, 0.25) is 25.2 Å². The molecule has 0 aromatic carbocycles. The molecular formula is C16H32OSi. The molecule has 0 bridgehead atoms. The smallest absolute Gasteiger partial charge is 0.0479 e. The van der Waals surface area contributed by atoms with Gasteiger partial charge in [0.05, 0.1) is 0 Å². The highest BCUT2D eigenvalue weighted by molar-refractivity contribution is 6.77. The van der Waals surface area contributed by atoms with Gasteiger partial charge in [0, 0.05) is 14.7 Å². The second-order valence-corrected chi connectivity index (χ2v) is 13.6. The number of hydrogen-bond donors (Lipinski definition) is 1.